The number of hydrogen-bond donors (Lipinski definition) is 2. The van der Waals surface area contributed by atoms with Crippen LogP contribution in [-0.2, 0) is 16.2 Å². The molecule has 2 N–H and O–H groups in total. The lowest BCUT2D eigenvalue weighted by Gasteiger charge is -2.24. The zero-order valence-corrected chi connectivity index (χ0v) is 15.7. The van der Waals surface area contributed by atoms with Crippen LogP contribution < -0.4 is 4.90 Å². The molecule has 1 aromatic carbocycles. The molecule has 1 aromatic heterocycles. The largest absolute Gasteiger partial charge is 0.494 e. The van der Waals surface area contributed by atoms with Crippen LogP contribution in [0.3, 0.4) is 0 Å². The molecule has 2 aliphatic heterocycles. The molecule has 0 saturated carbocycles. The third kappa shape index (κ3) is 3.05. The Bertz CT molecular complexity index is 959. The van der Waals surface area contributed by atoms with E-state index in [2.05, 4.69) is 11.6 Å². The Morgan fingerprint density at radius 1 is 1.33 bits per heavy atom. The van der Waals surface area contributed by atoms with Crippen molar-refractivity contribution in [2.45, 2.75) is 6.67 Å². The van der Waals surface area contributed by atoms with E-state index in [1.807, 2.05) is 28.8 Å². The zero-order chi connectivity index (χ0) is 19.0. The van der Waals surface area contributed by atoms with Gasteiger partial charge in [0.15, 0.2) is 6.67 Å². The predicted molar refractivity (Wildman–Crippen MR) is 106 cm³/mol. The second-order valence-electron chi connectivity index (χ2n) is 6.61. The molecule has 2 aliphatic rings. The maximum absolute atomic E-state index is 12.8. The number of aliphatic imine (C=N–C) groups is 1. The van der Waals surface area contributed by atoms with Gasteiger partial charge in [0.1, 0.15) is 18.8 Å². The minimum atomic E-state index is -0.308. The summed E-state index contributed by atoms with van der Waals surface area (Å²) in [5.41, 5.74) is 1.50. The monoisotopic (exact) mass is 385 g/mol. The summed E-state index contributed by atoms with van der Waals surface area (Å²) >= 11 is 5.23. The number of aromatic nitrogens is 1. The number of amides is 1. The summed E-state index contributed by atoms with van der Waals surface area (Å²) in [5.74, 6) is -0.262. The van der Waals surface area contributed by atoms with Crippen molar-refractivity contribution >= 4 is 39.9 Å². The van der Waals surface area contributed by atoms with Crippen LogP contribution in [0.1, 0.15) is 5.56 Å². The van der Waals surface area contributed by atoms with Gasteiger partial charge in [-0.3, -0.25) is 14.3 Å². The minimum absolute atomic E-state index is 0.0468. The standard InChI is InChI=1S/C19H20N4O3S/c1-2-7-22-18(25)16(20-19(22)27)15-13-5-3-4-6-14(13)23(17(15)24)12-21-8-10-26-11-9-21/h2-6,24H,1,7-12H2/p+1. The number of rotatable bonds is 5. The van der Waals surface area contributed by atoms with Crippen LogP contribution in [0.5, 0.6) is 5.88 Å². The van der Waals surface area contributed by atoms with Crippen molar-refractivity contribution in [1.29, 1.82) is 0 Å². The molecule has 2 aromatic rings. The third-order valence-corrected chi connectivity index (χ3v) is 5.27. The van der Waals surface area contributed by atoms with Gasteiger partial charge in [-0.05, 0) is 18.3 Å². The molecular weight excluding hydrogens is 364 g/mol. The first-order chi connectivity index (χ1) is 13.1. The summed E-state index contributed by atoms with van der Waals surface area (Å²) in [6.45, 7) is 7.71. The fourth-order valence-corrected chi connectivity index (χ4v) is 3.85. The van der Waals surface area contributed by atoms with E-state index >= 15 is 0 Å². The molecule has 0 unspecified atom stereocenters. The summed E-state index contributed by atoms with van der Waals surface area (Å²) in [5, 5.41) is 12.0. The van der Waals surface area contributed by atoms with E-state index in [1.165, 1.54) is 9.80 Å². The van der Waals surface area contributed by atoms with Gasteiger partial charge in [0.2, 0.25) is 11.0 Å². The van der Waals surface area contributed by atoms with Gasteiger partial charge in [-0.25, -0.2) is 4.99 Å². The quantitative estimate of drug-likeness (QED) is 0.575. The van der Waals surface area contributed by atoms with Crippen LogP contribution in [0.4, 0.5) is 0 Å². The summed E-state index contributed by atoms with van der Waals surface area (Å²) < 4.78 is 7.27. The van der Waals surface area contributed by atoms with E-state index in [9.17, 15) is 9.90 Å². The summed E-state index contributed by atoms with van der Waals surface area (Å²) in [7, 11) is 0. The second kappa shape index (κ2) is 7.22. The van der Waals surface area contributed by atoms with Crippen LogP contribution in [0.2, 0.25) is 0 Å². The van der Waals surface area contributed by atoms with E-state index < -0.39 is 0 Å². The second-order valence-corrected chi connectivity index (χ2v) is 6.98. The summed E-state index contributed by atoms with van der Waals surface area (Å²) in [6.07, 6.45) is 1.60. The topological polar surface area (TPSA) is 71.5 Å². The Balaban J connectivity index is 1.79. The molecule has 3 heterocycles. The van der Waals surface area contributed by atoms with Crippen molar-refractivity contribution in [3.05, 3.63) is 42.5 Å². The lowest BCUT2D eigenvalue weighted by Crippen LogP contribution is -3.13. The highest BCUT2D eigenvalue weighted by atomic mass is 32.1. The molecule has 0 atom stereocenters. The number of quaternary nitrogens is 1. The normalized spacial score (nSPS) is 18.4. The first kappa shape index (κ1) is 17.8. The van der Waals surface area contributed by atoms with Gasteiger partial charge < -0.3 is 14.7 Å². The van der Waals surface area contributed by atoms with Crippen molar-refractivity contribution in [1.82, 2.24) is 9.47 Å². The van der Waals surface area contributed by atoms with E-state index in [4.69, 9.17) is 17.0 Å². The van der Waals surface area contributed by atoms with Gasteiger partial charge in [0.25, 0.3) is 5.91 Å². The summed E-state index contributed by atoms with van der Waals surface area (Å²) in [4.78, 5) is 19.8. The number of ether oxygens (including phenoxy) is 1. The fourth-order valence-electron chi connectivity index (χ4n) is 3.60. The lowest BCUT2D eigenvalue weighted by molar-refractivity contribution is -0.930. The fraction of sp³-hybridized carbons (Fsp3) is 0.316. The Kier molecular flexibility index (Phi) is 4.77. The highest BCUT2D eigenvalue weighted by molar-refractivity contribution is 7.80. The highest BCUT2D eigenvalue weighted by Crippen LogP contribution is 2.33. The Morgan fingerprint density at radius 3 is 2.81 bits per heavy atom. The van der Waals surface area contributed by atoms with Gasteiger partial charge in [-0.15, -0.1) is 6.58 Å². The van der Waals surface area contributed by atoms with Crippen molar-refractivity contribution in [3.8, 4) is 5.88 Å². The van der Waals surface area contributed by atoms with Crippen molar-refractivity contribution in [2.75, 3.05) is 32.8 Å². The minimum Gasteiger partial charge on any atom is -0.494 e. The first-order valence-electron chi connectivity index (χ1n) is 8.89. The van der Waals surface area contributed by atoms with E-state index in [0.717, 1.165) is 24.0 Å². The number of aromatic hydroxyl groups is 1. The Morgan fingerprint density at radius 2 is 2.07 bits per heavy atom. The first-order valence-corrected chi connectivity index (χ1v) is 9.30. The molecule has 1 fully saturated rings. The molecule has 0 radical (unpaired) electrons. The van der Waals surface area contributed by atoms with Crippen LogP contribution in [0.15, 0.2) is 41.9 Å². The lowest BCUT2D eigenvalue weighted by atomic mass is 10.1. The summed E-state index contributed by atoms with van der Waals surface area (Å²) in [6, 6.07) is 7.64. The van der Waals surface area contributed by atoms with Gasteiger partial charge in [0.05, 0.1) is 24.3 Å². The van der Waals surface area contributed by atoms with E-state index in [-0.39, 0.29) is 22.6 Å². The molecular formula is C19H21N4O3S+. The predicted octanol–water partition coefficient (Wildman–Crippen LogP) is 0.322. The highest BCUT2D eigenvalue weighted by Gasteiger charge is 2.35. The number of thiocarbonyl (C=S) groups is 1. The van der Waals surface area contributed by atoms with Crippen LogP contribution >= 0.6 is 12.2 Å². The van der Waals surface area contributed by atoms with E-state index in [1.54, 1.807) is 6.08 Å². The number of hydrogen-bond acceptors (Lipinski definition) is 4. The van der Waals surface area contributed by atoms with Crippen molar-refractivity contribution < 1.29 is 19.5 Å². The SMILES string of the molecule is C=CCN1C(=O)C(c2c(O)n(C[NH+]3CCOCC3)c3ccccc23)=NC1=S. The number of benzene rings is 1. The molecule has 0 aliphatic carbocycles. The molecule has 7 nitrogen and oxygen atoms in total. The van der Waals surface area contributed by atoms with Crippen molar-refractivity contribution in [2.24, 2.45) is 4.99 Å². The smallest absolute Gasteiger partial charge is 0.279 e. The van der Waals surface area contributed by atoms with Gasteiger partial charge in [0, 0.05) is 11.9 Å². The van der Waals surface area contributed by atoms with Crippen LogP contribution in [0, 0.1) is 0 Å². The number of fused-ring (bicyclic) bond motifs is 1. The molecule has 0 spiro atoms. The van der Waals surface area contributed by atoms with Gasteiger partial charge in [-0.2, -0.15) is 0 Å². The Labute approximate surface area is 162 Å². The van der Waals surface area contributed by atoms with Gasteiger partial charge in [-0.1, -0.05) is 24.3 Å². The van der Waals surface area contributed by atoms with E-state index in [0.29, 0.717) is 32.0 Å². The molecule has 140 valence electrons. The zero-order valence-electron chi connectivity index (χ0n) is 14.9. The average molecular weight is 385 g/mol. The van der Waals surface area contributed by atoms with Crippen LogP contribution in [-0.4, -0.2) is 64.2 Å². The number of nitrogens with zero attached hydrogens (tertiary/aromatic N) is 3. The molecule has 27 heavy (non-hydrogen) atoms. The van der Waals surface area contributed by atoms with Crippen LogP contribution in [0.25, 0.3) is 10.9 Å². The Hall–Kier alpha value is -2.55. The number of carbonyl (C=O) groups excluding carboxylic acids is 1. The van der Waals surface area contributed by atoms with Gasteiger partial charge >= 0.3 is 0 Å². The molecule has 1 amide bonds. The average Bonchev–Trinajstić information content (AvgIpc) is 3.11. The number of carbonyl (C=O) groups is 1. The third-order valence-electron chi connectivity index (χ3n) is 4.96. The van der Waals surface area contributed by atoms with Crippen molar-refractivity contribution in [3.63, 3.8) is 0 Å². The number of nitrogens with one attached hydrogen (secondary N) is 1. The molecule has 1 saturated heterocycles. The molecule has 4 rings (SSSR count). The number of morpholine rings is 1. The maximum atomic E-state index is 12.8. The maximum Gasteiger partial charge on any atom is 0.279 e. The molecule has 8 heteroatoms. The molecule has 0 bridgehead atoms. The number of para-hydroxylation sites is 1.